The topological polar surface area (TPSA) is 85.2 Å². The van der Waals surface area contributed by atoms with Crippen molar-refractivity contribution in [3.05, 3.63) is 11.3 Å². The molecule has 0 saturated heterocycles. The second-order valence-electron chi connectivity index (χ2n) is 3.28. The fourth-order valence-electron chi connectivity index (χ4n) is 0.899. The van der Waals surface area contributed by atoms with E-state index < -0.39 is 5.97 Å². The van der Waals surface area contributed by atoms with Crippen molar-refractivity contribution in [3.63, 3.8) is 0 Å². The minimum Gasteiger partial charge on any atom is -0.495 e. The Kier molecular flexibility index (Phi) is 9.41. The van der Waals surface area contributed by atoms with E-state index in [4.69, 9.17) is 24.4 Å². The zero-order valence-electron chi connectivity index (χ0n) is 10.3. The fourth-order valence-corrected chi connectivity index (χ4v) is 0.899. The molecule has 0 rings (SSSR count). The van der Waals surface area contributed by atoms with Gasteiger partial charge in [0.25, 0.3) is 0 Å². The van der Waals surface area contributed by atoms with Gasteiger partial charge in [-0.3, -0.25) is 0 Å². The van der Waals surface area contributed by atoms with Gasteiger partial charge in [-0.05, 0) is 13.8 Å². The molecule has 2 N–H and O–H groups in total. The molecular formula is C11H20O6. The maximum absolute atomic E-state index is 10.6. The van der Waals surface area contributed by atoms with Crippen LogP contribution in [-0.2, 0) is 19.0 Å². The molecule has 0 saturated carbocycles. The second kappa shape index (κ2) is 10.1. The Balaban J connectivity index is 3.46. The molecule has 0 fully saturated rings. The predicted octanol–water partition coefficient (Wildman–Crippen LogP) is 0.407. The first-order valence-electron chi connectivity index (χ1n) is 5.39. The molecule has 0 atom stereocenters. The molecule has 0 aliphatic rings. The molecule has 0 spiro atoms. The molecular weight excluding hydrogens is 228 g/mol. The van der Waals surface area contributed by atoms with Gasteiger partial charge in [-0.2, -0.15) is 0 Å². The van der Waals surface area contributed by atoms with Crippen LogP contribution in [0.15, 0.2) is 11.3 Å². The van der Waals surface area contributed by atoms with E-state index in [2.05, 4.69) is 0 Å². The summed E-state index contributed by atoms with van der Waals surface area (Å²) in [5.74, 6) is -0.599. The van der Waals surface area contributed by atoms with Gasteiger partial charge in [-0.25, -0.2) is 4.79 Å². The molecule has 6 heteroatoms. The van der Waals surface area contributed by atoms with E-state index in [0.29, 0.717) is 38.8 Å². The van der Waals surface area contributed by atoms with Crippen LogP contribution in [0.5, 0.6) is 0 Å². The number of aliphatic hydroxyl groups is 1. The zero-order valence-corrected chi connectivity index (χ0v) is 10.3. The minimum atomic E-state index is -0.985. The Hall–Kier alpha value is -1.11. The predicted molar refractivity (Wildman–Crippen MR) is 60.7 cm³/mol. The van der Waals surface area contributed by atoms with Gasteiger partial charge in [0.15, 0.2) is 0 Å². The molecule has 0 aliphatic carbocycles. The number of allylic oxidation sites excluding steroid dienone is 1. The van der Waals surface area contributed by atoms with Crippen LogP contribution < -0.4 is 0 Å². The number of rotatable bonds is 10. The van der Waals surface area contributed by atoms with Crippen molar-refractivity contribution in [1.82, 2.24) is 0 Å². The lowest BCUT2D eigenvalue weighted by Crippen LogP contribution is -2.11. The molecule has 6 nitrogen and oxygen atoms in total. The second-order valence-corrected chi connectivity index (χ2v) is 3.28. The lowest BCUT2D eigenvalue weighted by atomic mass is 10.3. The number of carboxylic acids is 1. The van der Waals surface area contributed by atoms with E-state index in [1.807, 2.05) is 0 Å². The van der Waals surface area contributed by atoms with Crippen LogP contribution in [0.3, 0.4) is 0 Å². The maximum atomic E-state index is 10.6. The SMILES string of the molecule is CC(OCCOCCOCCO)=C(C)C(=O)O. The number of carbonyl (C=O) groups is 1. The van der Waals surface area contributed by atoms with Crippen LogP contribution in [0.4, 0.5) is 0 Å². The smallest absolute Gasteiger partial charge is 0.334 e. The molecule has 0 bridgehead atoms. The zero-order chi connectivity index (χ0) is 13.1. The van der Waals surface area contributed by atoms with E-state index >= 15 is 0 Å². The van der Waals surface area contributed by atoms with Crippen molar-refractivity contribution in [1.29, 1.82) is 0 Å². The van der Waals surface area contributed by atoms with Crippen LogP contribution in [-0.4, -0.2) is 55.8 Å². The lowest BCUT2D eigenvalue weighted by Gasteiger charge is -2.08. The summed E-state index contributed by atoms with van der Waals surface area (Å²) in [6.07, 6.45) is 0. The summed E-state index contributed by atoms with van der Waals surface area (Å²) in [5, 5.41) is 17.1. The molecule has 100 valence electrons. The van der Waals surface area contributed by atoms with Crippen LogP contribution in [0.25, 0.3) is 0 Å². The third-order valence-electron chi connectivity index (χ3n) is 2.00. The van der Waals surface area contributed by atoms with Crippen LogP contribution in [0.1, 0.15) is 13.8 Å². The number of aliphatic carboxylic acids is 1. The summed E-state index contributed by atoms with van der Waals surface area (Å²) in [4.78, 5) is 10.6. The Morgan fingerprint density at radius 3 is 2.06 bits per heavy atom. The Morgan fingerprint density at radius 2 is 1.53 bits per heavy atom. The Morgan fingerprint density at radius 1 is 1.00 bits per heavy atom. The van der Waals surface area contributed by atoms with Gasteiger partial charge < -0.3 is 24.4 Å². The summed E-state index contributed by atoms with van der Waals surface area (Å²) < 4.78 is 15.3. The molecule has 17 heavy (non-hydrogen) atoms. The monoisotopic (exact) mass is 248 g/mol. The highest BCUT2D eigenvalue weighted by atomic mass is 16.5. The van der Waals surface area contributed by atoms with Gasteiger partial charge >= 0.3 is 5.97 Å². The fraction of sp³-hybridized carbons (Fsp3) is 0.727. The largest absolute Gasteiger partial charge is 0.495 e. The van der Waals surface area contributed by atoms with Crippen molar-refractivity contribution >= 4 is 5.97 Å². The minimum absolute atomic E-state index is 0.00155. The summed E-state index contributed by atoms with van der Waals surface area (Å²) in [6.45, 7) is 4.91. The summed E-state index contributed by atoms with van der Waals surface area (Å²) in [7, 11) is 0. The van der Waals surface area contributed by atoms with Crippen LogP contribution in [0.2, 0.25) is 0 Å². The summed E-state index contributed by atoms with van der Waals surface area (Å²) in [5.41, 5.74) is 0.191. The van der Waals surface area contributed by atoms with Gasteiger partial charge in [0, 0.05) is 0 Å². The molecule has 0 aromatic carbocycles. The molecule has 0 radical (unpaired) electrons. The summed E-state index contributed by atoms with van der Waals surface area (Å²) >= 11 is 0. The number of hydrogen-bond donors (Lipinski definition) is 2. The average molecular weight is 248 g/mol. The van der Waals surface area contributed by atoms with Gasteiger partial charge in [-0.1, -0.05) is 0 Å². The van der Waals surface area contributed by atoms with E-state index in [-0.39, 0.29) is 12.2 Å². The van der Waals surface area contributed by atoms with Crippen molar-refractivity contribution in [2.75, 3.05) is 39.6 Å². The number of ether oxygens (including phenoxy) is 3. The van der Waals surface area contributed by atoms with E-state index in [9.17, 15) is 4.79 Å². The van der Waals surface area contributed by atoms with Gasteiger partial charge in [-0.15, -0.1) is 0 Å². The molecule has 0 heterocycles. The van der Waals surface area contributed by atoms with Gasteiger partial charge in [0.1, 0.15) is 12.4 Å². The van der Waals surface area contributed by atoms with Gasteiger partial charge in [0.05, 0.1) is 38.6 Å². The Bertz CT molecular complexity index is 248. The van der Waals surface area contributed by atoms with E-state index in [1.54, 1.807) is 6.92 Å². The highest BCUT2D eigenvalue weighted by Crippen LogP contribution is 2.04. The first kappa shape index (κ1) is 15.9. The molecule has 0 amide bonds. The molecule has 0 aliphatic heterocycles. The van der Waals surface area contributed by atoms with Crippen molar-refractivity contribution in [3.8, 4) is 0 Å². The molecule has 0 unspecified atom stereocenters. The molecule has 0 aromatic rings. The number of aliphatic hydroxyl groups excluding tert-OH is 1. The van der Waals surface area contributed by atoms with Crippen molar-refractivity contribution in [2.24, 2.45) is 0 Å². The van der Waals surface area contributed by atoms with Crippen LogP contribution >= 0.6 is 0 Å². The van der Waals surface area contributed by atoms with Gasteiger partial charge in [0.2, 0.25) is 0 Å². The maximum Gasteiger partial charge on any atom is 0.334 e. The third-order valence-corrected chi connectivity index (χ3v) is 2.00. The van der Waals surface area contributed by atoms with Crippen molar-refractivity contribution in [2.45, 2.75) is 13.8 Å². The lowest BCUT2D eigenvalue weighted by molar-refractivity contribution is -0.132. The number of carboxylic acid groups (broad SMARTS) is 1. The quantitative estimate of drug-likeness (QED) is 0.331. The first-order chi connectivity index (χ1) is 8.09. The first-order valence-corrected chi connectivity index (χ1v) is 5.39. The highest BCUT2D eigenvalue weighted by Gasteiger charge is 2.05. The van der Waals surface area contributed by atoms with E-state index in [1.165, 1.54) is 6.92 Å². The third kappa shape index (κ3) is 8.67. The van der Waals surface area contributed by atoms with Crippen LogP contribution in [0, 0.1) is 0 Å². The highest BCUT2D eigenvalue weighted by molar-refractivity contribution is 5.86. The van der Waals surface area contributed by atoms with E-state index in [0.717, 1.165) is 0 Å². The summed E-state index contributed by atoms with van der Waals surface area (Å²) in [6, 6.07) is 0. The number of hydrogen-bond acceptors (Lipinski definition) is 5. The average Bonchev–Trinajstić information content (AvgIpc) is 2.31. The molecule has 0 aromatic heterocycles. The van der Waals surface area contributed by atoms with Crippen molar-refractivity contribution < 1.29 is 29.2 Å². The normalized spacial score (nSPS) is 12.2. The Labute approximate surface area is 101 Å². The standard InChI is InChI=1S/C11H20O6/c1-9(11(13)14)10(2)17-8-7-16-6-5-15-4-3-12/h12H,3-8H2,1-2H3,(H,13,14).